The summed E-state index contributed by atoms with van der Waals surface area (Å²) in [6.07, 6.45) is 5.29. The monoisotopic (exact) mass is 282 g/mol. The van der Waals surface area contributed by atoms with Crippen molar-refractivity contribution in [2.24, 2.45) is 0 Å². The van der Waals surface area contributed by atoms with Crippen LogP contribution in [0.2, 0.25) is 0 Å². The van der Waals surface area contributed by atoms with Crippen LogP contribution in [-0.4, -0.2) is 32.9 Å². The third-order valence-electron chi connectivity index (χ3n) is 2.84. The maximum Gasteiger partial charge on any atom is 0.326 e. The first-order valence-electron chi connectivity index (χ1n) is 6.78. The first-order valence-corrected chi connectivity index (χ1v) is 6.78. The smallest absolute Gasteiger partial charge is 0.326 e. The van der Waals surface area contributed by atoms with Crippen molar-refractivity contribution in [3.63, 3.8) is 0 Å². The van der Waals surface area contributed by atoms with Crippen LogP contribution in [-0.2, 0) is 4.79 Å². The number of amides is 2. The highest BCUT2D eigenvalue weighted by Gasteiger charge is 2.19. The molecule has 0 aromatic carbocycles. The van der Waals surface area contributed by atoms with Gasteiger partial charge in [-0.1, -0.05) is 19.8 Å². The summed E-state index contributed by atoms with van der Waals surface area (Å²) >= 11 is 0. The number of unbranched alkanes of at least 4 members (excludes halogenated alkanes) is 1. The van der Waals surface area contributed by atoms with E-state index < -0.39 is 18.0 Å². The van der Waals surface area contributed by atoms with Gasteiger partial charge in [0.1, 0.15) is 6.04 Å². The Morgan fingerprint density at radius 1 is 1.45 bits per heavy atom. The molecule has 0 saturated carbocycles. The molecular weight excluding hydrogens is 260 g/mol. The van der Waals surface area contributed by atoms with Crippen LogP contribution < -0.4 is 10.6 Å². The van der Waals surface area contributed by atoms with Gasteiger partial charge in [0, 0.05) is 12.2 Å². The van der Waals surface area contributed by atoms with Crippen molar-refractivity contribution in [3.8, 4) is 0 Å². The number of aromatic nitrogens is 2. The summed E-state index contributed by atoms with van der Waals surface area (Å²) in [4.78, 5) is 22.8. The molecule has 0 spiro atoms. The minimum Gasteiger partial charge on any atom is -0.480 e. The lowest BCUT2D eigenvalue weighted by atomic mass is 10.1. The molecule has 7 heteroatoms. The SMILES string of the molecule is CCCC[C@H](NC(=O)Nc1cnn(C(C)C)c1)C(=O)O. The number of rotatable bonds is 7. The zero-order chi connectivity index (χ0) is 15.1. The molecule has 1 atom stereocenters. The van der Waals surface area contributed by atoms with Gasteiger partial charge < -0.3 is 15.7 Å². The number of nitrogens with zero attached hydrogens (tertiary/aromatic N) is 2. The highest BCUT2D eigenvalue weighted by Crippen LogP contribution is 2.10. The van der Waals surface area contributed by atoms with E-state index >= 15 is 0 Å². The van der Waals surface area contributed by atoms with Gasteiger partial charge >= 0.3 is 12.0 Å². The van der Waals surface area contributed by atoms with E-state index in [4.69, 9.17) is 5.11 Å². The first-order chi connectivity index (χ1) is 9.43. The number of carbonyl (C=O) groups is 2. The van der Waals surface area contributed by atoms with E-state index in [-0.39, 0.29) is 6.04 Å². The zero-order valence-electron chi connectivity index (χ0n) is 12.1. The molecular formula is C13H22N4O3. The number of anilines is 1. The van der Waals surface area contributed by atoms with Gasteiger partial charge in [-0.15, -0.1) is 0 Å². The van der Waals surface area contributed by atoms with Crippen molar-refractivity contribution >= 4 is 17.7 Å². The average Bonchev–Trinajstić information content (AvgIpc) is 2.82. The number of carbonyl (C=O) groups excluding carboxylic acids is 1. The summed E-state index contributed by atoms with van der Waals surface area (Å²) in [5, 5.41) is 18.2. The van der Waals surface area contributed by atoms with Crippen molar-refractivity contribution < 1.29 is 14.7 Å². The molecule has 0 bridgehead atoms. The number of carboxylic acids is 1. The molecule has 1 aromatic rings. The van der Waals surface area contributed by atoms with Gasteiger partial charge in [0.05, 0.1) is 11.9 Å². The van der Waals surface area contributed by atoms with Gasteiger partial charge in [-0.05, 0) is 20.3 Å². The average molecular weight is 282 g/mol. The van der Waals surface area contributed by atoms with E-state index in [2.05, 4.69) is 15.7 Å². The molecule has 0 radical (unpaired) electrons. The highest BCUT2D eigenvalue weighted by molar-refractivity contribution is 5.91. The van der Waals surface area contributed by atoms with E-state index in [0.29, 0.717) is 12.1 Å². The Morgan fingerprint density at radius 3 is 2.65 bits per heavy atom. The standard InChI is InChI=1S/C13H22N4O3/c1-4-5-6-11(12(18)19)16-13(20)15-10-7-14-17(8-10)9(2)3/h7-9,11H,4-6H2,1-3H3,(H,18,19)(H2,15,16,20)/t11-/m0/s1. The maximum atomic E-state index is 11.7. The van der Waals surface area contributed by atoms with Gasteiger partial charge in [0.15, 0.2) is 0 Å². The van der Waals surface area contributed by atoms with E-state index in [9.17, 15) is 9.59 Å². The number of nitrogens with one attached hydrogen (secondary N) is 2. The zero-order valence-corrected chi connectivity index (χ0v) is 12.1. The molecule has 0 aliphatic heterocycles. The second-order valence-electron chi connectivity index (χ2n) is 4.93. The summed E-state index contributed by atoms with van der Waals surface area (Å²) in [5.74, 6) is -1.02. The Balaban J connectivity index is 2.54. The first kappa shape index (κ1) is 16.0. The number of hydrogen-bond acceptors (Lipinski definition) is 3. The van der Waals surface area contributed by atoms with Crippen molar-refractivity contribution in [1.82, 2.24) is 15.1 Å². The van der Waals surface area contributed by atoms with E-state index in [1.807, 2.05) is 20.8 Å². The van der Waals surface area contributed by atoms with Crippen molar-refractivity contribution in [2.45, 2.75) is 52.1 Å². The van der Waals surface area contributed by atoms with Crippen LogP contribution in [0.1, 0.15) is 46.1 Å². The summed E-state index contributed by atoms with van der Waals surface area (Å²) < 4.78 is 1.71. The molecule has 1 aromatic heterocycles. The van der Waals surface area contributed by atoms with Crippen molar-refractivity contribution in [3.05, 3.63) is 12.4 Å². The quantitative estimate of drug-likeness (QED) is 0.714. The fourth-order valence-corrected chi connectivity index (χ4v) is 1.68. The molecule has 0 fully saturated rings. The number of carboxylic acid groups (broad SMARTS) is 1. The van der Waals surface area contributed by atoms with Crippen LogP contribution >= 0.6 is 0 Å². The molecule has 112 valence electrons. The molecule has 0 saturated heterocycles. The molecule has 20 heavy (non-hydrogen) atoms. The number of hydrogen-bond donors (Lipinski definition) is 3. The molecule has 3 N–H and O–H groups in total. The lowest BCUT2D eigenvalue weighted by molar-refractivity contribution is -0.139. The largest absolute Gasteiger partial charge is 0.480 e. The number of aliphatic carboxylic acids is 1. The second kappa shape index (κ2) is 7.52. The third kappa shape index (κ3) is 4.91. The van der Waals surface area contributed by atoms with E-state index in [1.54, 1.807) is 10.9 Å². The lowest BCUT2D eigenvalue weighted by Crippen LogP contribution is -2.42. The van der Waals surface area contributed by atoms with Crippen LogP contribution in [0.4, 0.5) is 10.5 Å². The summed E-state index contributed by atoms with van der Waals surface area (Å²) in [6, 6.07) is -1.20. The molecule has 0 aliphatic carbocycles. The Morgan fingerprint density at radius 2 is 2.15 bits per heavy atom. The van der Waals surface area contributed by atoms with E-state index in [1.165, 1.54) is 6.20 Å². The molecule has 2 amide bonds. The van der Waals surface area contributed by atoms with Gasteiger partial charge in [0.2, 0.25) is 0 Å². The highest BCUT2D eigenvalue weighted by atomic mass is 16.4. The van der Waals surface area contributed by atoms with Crippen LogP contribution in [0.5, 0.6) is 0 Å². The Kier molecular flexibility index (Phi) is 6.02. The van der Waals surface area contributed by atoms with Crippen LogP contribution in [0.3, 0.4) is 0 Å². The second-order valence-corrected chi connectivity index (χ2v) is 4.93. The molecule has 7 nitrogen and oxygen atoms in total. The van der Waals surface area contributed by atoms with Crippen molar-refractivity contribution in [2.75, 3.05) is 5.32 Å². The molecule has 1 rings (SSSR count). The fourth-order valence-electron chi connectivity index (χ4n) is 1.68. The molecule has 1 heterocycles. The van der Waals surface area contributed by atoms with E-state index in [0.717, 1.165) is 12.8 Å². The minimum absolute atomic E-state index is 0.199. The van der Waals surface area contributed by atoms with Gasteiger partial charge in [-0.2, -0.15) is 5.10 Å². The maximum absolute atomic E-state index is 11.7. The van der Waals surface area contributed by atoms with Crippen molar-refractivity contribution in [1.29, 1.82) is 0 Å². The molecule has 0 unspecified atom stereocenters. The topological polar surface area (TPSA) is 96.3 Å². The summed E-state index contributed by atoms with van der Waals surface area (Å²) in [7, 11) is 0. The third-order valence-corrected chi connectivity index (χ3v) is 2.84. The lowest BCUT2D eigenvalue weighted by Gasteiger charge is -2.14. The predicted molar refractivity (Wildman–Crippen MR) is 75.7 cm³/mol. The van der Waals surface area contributed by atoms with Crippen LogP contribution in [0, 0.1) is 0 Å². The minimum atomic E-state index is -1.02. The van der Waals surface area contributed by atoms with Gasteiger partial charge in [-0.25, -0.2) is 9.59 Å². The molecule has 0 aliphatic rings. The Labute approximate surface area is 118 Å². The van der Waals surface area contributed by atoms with Gasteiger partial charge in [-0.3, -0.25) is 4.68 Å². The fraction of sp³-hybridized carbons (Fsp3) is 0.615. The van der Waals surface area contributed by atoms with Crippen LogP contribution in [0.25, 0.3) is 0 Å². The summed E-state index contributed by atoms with van der Waals surface area (Å²) in [6.45, 7) is 5.92. The Hall–Kier alpha value is -2.05. The predicted octanol–water partition coefficient (Wildman–Crippen LogP) is 2.23. The number of urea groups is 1. The van der Waals surface area contributed by atoms with Gasteiger partial charge in [0.25, 0.3) is 0 Å². The normalized spacial score (nSPS) is 12.2. The van der Waals surface area contributed by atoms with Crippen LogP contribution in [0.15, 0.2) is 12.4 Å². The summed E-state index contributed by atoms with van der Waals surface area (Å²) in [5.41, 5.74) is 0.538. The Bertz CT molecular complexity index is 456.